The minimum Gasteiger partial charge on any atom is -0.466 e. The van der Waals surface area contributed by atoms with E-state index in [4.69, 9.17) is 9.47 Å². The molecule has 0 fully saturated rings. The van der Waals surface area contributed by atoms with Gasteiger partial charge in [-0.2, -0.15) is 0 Å². The van der Waals surface area contributed by atoms with E-state index in [1.165, 1.54) is 13.8 Å². The third-order valence-electron chi connectivity index (χ3n) is 1.43. The molecule has 0 rings (SSSR count). The molecule has 0 unspecified atom stereocenters. The molecule has 0 aliphatic rings. The first-order valence-corrected chi connectivity index (χ1v) is 4.33. The standard InChI is InChI=1S/C9H16O4/c1-7(13-9(3)11)5-4-6-12-8(2)10/h7H,4-6H2,1-3H3/t7-/m0/s1. The van der Waals surface area contributed by atoms with Crippen molar-refractivity contribution in [2.24, 2.45) is 0 Å². The summed E-state index contributed by atoms with van der Waals surface area (Å²) in [5, 5.41) is 0. The van der Waals surface area contributed by atoms with Crippen LogP contribution in [0, 0.1) is 0 Å². The van der Waals surface area contributed by atoms with Crippen LogP contribution in [0.2, 0.25) is 0 Å². The molecule has 0 aromatic heterocycles. The number of esters is 2. The summed E-state index contributed by atoms with van der Waals surface area (Å²) in [5.74, 6) is -0.555. The van der Waals surface area contributed by atoms with Crippen LogP contribution < -0.4 is 0 Å². The Labute approximate surface area is 78.2 Å². The van der Waals surface area contributed by atoms with Gasteiger partial charge in [0.1, 0.15) is 0 Å². The number of hydrogen-bond donors (Lipinski definition) is 0. The molecule has 1 atom stereocenters. The summed E-state index contributed by atoms with van der Waals surface area (Å²) in [7, 11) is 0. The largest absolute Gasteiger partial charge is 0.466 e. The van der Waals surface area contributed by atoms with Crippen LogP contribution in [0.3, 0.4) is 0 Å². The van der Waals surface area contributed by atoms with Crippen LogP contribution in [-0.4, -0.2) is 24.6 Å². The summed E-state index contributed by atoms with van der Waals surface area (Å²) in [6.45, 7) is 4.95. The van der Waals surface area contributed by atoms with Crippen LogP contribution in [-0.2, 0) is 19.1 Å². The summed E-state index contributed by atoms with van der Waals surface area (Å²) in [6.07, 6.45) is 1.33. The van der Waals surface area contributed by atoms with Gasteiger partial charge in [-0.05, 0) is 19.8 Å². The molecular weight excluding hydrogens is 172 g/mol. The maximum Gasteiger partial charge on any atom is 0.302 e. The SMILES string of the molecule is CC(=O)OCCC[C@H](C)OC(C)=O. The minimum absolute atomic E-state index is 0.104. The van der Waals surface area contributed by atoms with Crippen molar-refractivity contribution in [1.82, 2.24) is 0 Å². The van der Waals surface area contributed by atoms with Gasteiger partial charge in [-0.25, -0.2) is 0 Å². The van der Waals surface area contributed by atoms with Gasteiger partial charge in [0.05, 0.1) is 12.7 Å². The van der Waals surface area contributed by atoms with Gasteiger partial charge in [0.15, 0.2) is 0 Å². The summed E-state index contributed by atoms with van der Waals surface area (Å²) < 4.78 is 9.60. The molecular formula is C9H16O4. The molecule has 0 heterocycles. The van der Waals surface area contributed by atoms with Crippen molar-refractivity contribution < 1.29 is 19.1 Å². The molecule has 4 nitrogen and oxygen atoms in total. The monoisotopic (exact) mass is 188 g/mol. The molecule has 0 aliphatic carbocycles. The fourth-order valence-electron chi connectivity index (χ4n) is 0.929. The van der Waals surface area contributed by atoms with Gasteiger partial charge in [0.25, 0.3) is 0 Å². The normalized spacial score (nSPS) is 11.9. The van der Waals surface area contributed by atoms with Crippen molar-refractivity contribution in [3.05, 3.63) is 0 Å². The molecule has 0 aromatic carbocycles. The van der Waals surface area contributed by atoms with Gasteiger partial charge >= 0.3 is 11.9 Å². The summed E-state index contributed by atoms with van der Waals surface area (Å²) in [5.41, 5.74) is 0. The Kier molecular flexibility index (Phi) is 5.93. The molecule has 0 aromatic rings. The molecule has 4 heteroatoms. The number of carbonyl (C=O) groups excluding carboxylic acids is 2. The van der Waals surface area contributed by atoms with E-state index in [0.717, 1.165) is 0 Å². The van der Waals surface area contributed by atoms with E-state index in [0.29, 0.717) is 19.4 Å². The van der Waals surface area contributed by atoms with Gasteiger partial charge in [-0.3, -0.25) is 9.59 Å². The predicted octanol–water partition coefficient (Wildman–Crippen LogP) is 1.28. The highest BCUT2D eigenvalue weighted by Crippen LogP contribution is 2.01. The van der Waals surface area contributed by atoms with Crippen LogP contribution in [0.25, 0.3) is 0 Å². The van der Waals surface area contributed by atoms with Gasteiger partial charge in [-0.15, -0.1) is 0 Å². The van der Waals surface area contributed by atoms with E-state index in [2.05, 4.69) is 0 Å². The van der Waals surface area contributed by atoms with E-state index >= 15 is 0 Å². The van der Waals surface area contributed by atoms with E-state index in [1.807, 2.05) is 6.92 Å². The zero-order valence-corrected chi connectivity index (χ0v) is 8.33. The lowest BCUT2D eigenvalue weighted by Gasteiger charge is -2.10. The smallest absolute Gasteiger partial charge is 0.302 e. The first kappa shape index (κ1) is 11.9. The number of carbonyl (C=O) groups is 2. The van der Waals surface area contributed by atoms with Crippen LogP contribution >= 0.6 is 0 Å². The topological polar surface area (TPSA) is 52.6 Å². The van der Waals surface area contributed by atoms with Crippen molar-refractivity contribution in [2.45, 2.75) is 39.7 Å². The van der Waals surface area contributed by atoms with Crippen molar-refractivity contribution in [2.75, 3.05) is 6.61 Å². The summed E-state index contributed by atoms with van der Waals surface area (Å²) in [4.78, 5) is 20.8. The van der Waals surface area contributed by atoms with Crippen molar-refractivity contribution >= 4 is 11.9 Å². The van der Waals surface area contributed by atoms with E-state index in [9.17, 15) is 9.59 Å². The van der Waals surface area contributed by atoms with Crippen molar-refractivity contribution in [3.63, 3.8) is 0 Å². The van der Waals surface area contributed by atoms with Crippen molar-refractivity contribution in [1.29, 1.82) is 0 Å². The first-order chi connectivity index (χ1) is 6.02. The van der Waals surface area contributed by atoms with Gasteiger partial charge in [0, 0.05) is 13.8 Å². The molecule has 0 spiro atoms. The molecule has 0 bridgehead atoms. The van der Waals surface area contributed by atoms with E-state index < -0.39 is 0 Å². The zero-order chi connectivity index (χ0) is 10.3. The molecule has 0 saturated heterocycles. The quantitative estimate of drug-likeness (QED) is 0.481. The second-order valence-electron chi connectivity index (χ2n) is 2.90. The number of hydrogen-bond acceptors (Lipinski definition) is 4. The Morgan fingerprint density at radius 1 is 1.23 bits per heavy atom. The van der Waals surface area contributed by atoms with E-state index in [-0.39, 0.29) is 18.0 Å². The Balaban J connectivity index is 3.31. The van der Waals surface area contributed by atoms with Gasteiger partial charge in [0.2, 0.25) is 0 Å². The van der Waals surface area contributed by atoms with Crippen LogP contribution in [0.1, 0.15) is 33.6 Å². The number of ether oxygens (including phenoxy) is 2. The van der Waals surface area contributed by atoms with Crippen molar-refractivity contribution in [3.8, 4) is 0 Å². The first-order valence-electron chi connectivity index (χ1n) is 4.33. The fraction of sp³-hybridized carbons (Fsp3) is 0.778. The lowest BCUT2D eigenvalue weighted by atomic mass is 10.2. The third-order valence-corrected chi connectivity index (χ3v) is 1.43. The molecule has 0 N–H and O–H groups in total. The fourth-order valence-corrected chi connectivity index (χ4v) is 0.929. The Hall–Kier alpha value is -1.06. The Morgan fingerprint density at radius 3 is 2.31 bits per heavy atom. The molecule has 0 saturated carbocycles. The molecule has 76 valence electrons. The Morgan fingerprint density at radius 2 is 1.85 bits per heavy atom. The summed E-state index contributed by atoms with van der Waals surface area (Å²) >= 11 is 0. The lowest BCUT2D eigenvalue weighted by Crippen LogP contribution is -2.13. The van der Waals surface area contributed by atoms with Gasteiger partial charge in [-0.1, -0.05) is 0 Å². The molecule has 0 amide bonds. The second-order valence-corrected chi connectivity index (χ2v) is 2.90. The molecule has 0 radical (unpaired) electrons. The average molecular weight is 188 g/mol. The average Bonchev–Trinajstić information content (AvgIpc) is 1.96. The highest BCUT2D eigenvalue weighted by molar-refractivity contribution is 5.66. The minimum atomic E-state index is -0.278. The lowest BCUT2D eigenvalue weighted by molar-refractivity contribution is -0.147. The number of rotatable bonds is 5. The predicted molar refractivity (Wildman–Crippen MR) is 47.1 cm³/mol. The zero-order valence-electron chi connectivity index (χ0n) is 8.33. The van der Waals surface area contributed by atoms with Crippen LogP contribution in [0.4, 0.5) is 0 Å². The van der Waals surface area contributed by atoms with Gasteiger partial charge < -0.3 is 9.47 Å². The maximum atomic E-state index is 10.5. The molecule has 0 aliphatic heterocycles. The van der Waals surface area contributed by atoms with Crippen LogP contribution in [0.15, 0.2) is 0 Å². The van der Waals surface area contributed by atoms with Crippen LogP contribution in [0.5, 0.6) is 0 Å². The Bertz CT molecular complexity index is 176. The van der Waals surface area contributed by atoms with E-state index in [1.54, 1.807) is 0 Å². The maximum absolute atomic E-state index is 10.5. The second kappa shape index (κ2) is 6.46. The third kappa shape index (κ3) is 8.85. The highest BCUT2D eigenvalue weighted by Gasteiger charge is 2.04. The molecule has 13 heavy (non-hydrogen) atoms. The summed E-state index contributed by atoms with van der Waals surface area (Å²) in [6, 6.07) is 0. The highest BCUT2D eigenvalue weighted by atomic mass is 16.5.